The van der Waals surface area contributed by atoms with E-state index in [0.717, 1.165) is 48.6 Å². The summed E-state index contributed by atoms with van der Waals surface area (Å²) in [6.45, 7) is 2.99. The monoisotopic (exact) mass is 370 g/mol. The third-order valence-electron chi connectivity index (χ3n) is 5.30. The van der Waals surface area contributed by atoms with E-state index in [1.54, 1.807) is 7.11 Å². The van der Waals surface area contributed by atoms with E-state index in [4.69, 9.17) is 4.74 Å². The van der Waals surface area contributed by atoms with Gasteiger partial charge in [0.05, 0.1) is 31.6 Å². The van der Waals surface area contributed by atoms with Crippen LogP contribution in [0.2, 0.25) is 0 Å². The third-order valence-corrected chi connectivity index (χ3v) is 5.30. The SMILES string of the molecule is COc1ccccc1CNC(=O)CN1CCn2nc([C@H](O)C3CC3)cc2C1. The summed E-state index contributed by atoms with van der Waals surface area (Å²) in [6.07, 6.45) is 1.73. The molecule has 1 aliphatic heterocycles. The molecule has 7 heteroatoms. The molecule has 1 atom stereocenters. The Morgan fingerprint density at radius 3 is 2.96 bits per heavy atom. The molecule has 27 heavy (non-hydrogen) atoms. The molecule has 1 aromatic heterocycles. The first-order chi connectivity index (χ1) is 13.1. The maximum atomic E-state index is 12.4. The van der Waals surface area contributed by atoms with Gasteiger partial charge in [0, 0.05) is 25.2 Å². The van der Waals surface area contributed by atoms with Crippen molar-refractivity contribution in [2.45, 2.75) is 38.6 Å². The van der Waals surface area contributed by atoms with Crippen LogP contribution in [0.5, 0.6) is 5.75 Å². The van der Waals surface area contributed by atoms with Gasteiger partial charge in [0.2, 0.25) is 5.91 Å². The fraction of sp³-hybridized carbons (Fsp3) is 0.500. The number of carbonyl (C=O) groups excluding carboxylic acids is 1. The minimum absolute atomic E-state index is 0.00731. The zero-order valence-corrected chi connectivity index (χ0v) is 15.6. The minimum atomic E-state index is -0.444. The van der Waals surface area contributed by atoms with Crippen molar-refractivity contribution in [3.05, 3.63) is 47.3 Å². The topological polar surface area (TPSA) is 79.6 Å². The van der Waals surface area contributed by atoms with Gasteiger partial charge in [0.25, 0.3) is 0 Å². The molecular formula is C20H26N4O3. The number of carbonyl (C=O) groups is 1. The van der Waals surface area contributed by atoms with Gasteiger partial charge in [-0.25, -0.2) is 0 Å². The van der Waals surface area contributed by atoms with Crippen LogP contribution >= 0.6 is 0 Å². The van der Waals surface area contributed by atoms with E-state index in [9.17, 15) is 9.90 Å². The van der Waals surface area contributed by atoms with E-state index in [1.165, 1.54) is 0 Å². The summed E-state index contributed by atoms with van der Waals surface area (Å²) in [7, 11) is 1.63. The van der Waals surface area contributed by atoms with E-state index < -0.39 is 6.10 Å². The summed E-state index contributed by atoms with van der Waals surface area (Å²) >= 11 is 0. The summed E-state index contributed by atoms with van der Waals surface area (Å²) in [6, 6.07) is 9.67. The van der Waals surface area contributed by atoms with Gasteiger partial charge in [-0.15, -0.1) is 0 Å². The Morgan fingerprint density at radius 2 is 2.19 bits per heavy atom. The van der Waals surface area contributed by atoms with Crippen molar-refractivity contribution in [3.63, 3.8) is 0 Å². The Kier molecular flexibility index (Phi) is 5.13. The number of aliphatic hydroxyl groups excluding tert-OH is 1. The first kappa shape index (κ1) is 18.0. The molecule has 4 rings (SSSR count). The molecule has 2 N–H and O–H groups in total. The Morgan fingerprint density at radius 1 is 1.37 bits per heavy atom. The van der Waals surface area contributed by atoms with Gasteiger partial charge < -0.3 is 15.2 Å². The van der Waals surface area contributed by atoms with Crippen LogP contribution in [0.15, 0.2) is 30.3 Å². The van der Waals surface area contributed by atoms with E-state index >= 15 is 0 Å². The largest absolute Gasteiger partial charge is 0.496 e. The van der Waals surface area contributed by atoms with Crippen LogP contribution in [0.3, 0.4) is 0 Å². The Labute approximate surface area is 158 Å². The van der Waals surface area contributed by atoms with Crippen LogP contribution in [-0.4, -0.2) is 45.9 Å². The first-order valence-electron chi connectivity index (χ1n) is 9.49. The van der Waals surface area contributed by atoms with E-state index in [0.29, 0.717) is 25.6 Å². The molecule has 144 valence electrons. The third kappa shape index (κ3) is 4.14. The Hall–Kier alpha value is -2.38. The van der Waals surface area contributed by atoms with Crippen molar-refractivity contribution < 1.29 is 14.6 Å². The van der Waals surface area contributed by atoms with Gasteiger partial charge >= 0.3 is 0 Å². The number of fused-ring (bicyclic) bond motifs is 1. The molecule has 1 fully saturated rings. The number of benzene rings is 1. The Balaban J connectivity index is 1.31. The molecule has 1 saturated carbocycles. The quantitative estimate of drug-likeness (QED) is 0.772. The average Bonchev–Trinajstić information content (AvgIpc) is 3.45. The lowest BCUT2D eigenvalue weighted by Crippen LogP contribution is -2.41. The molecule has 2 aliphatic rings. The highest BCUT2D eigenvalue weighted by atomic mass is 16.5. The van der Waals surface area contributed by atoms with Crippen molar-refractivity contribution in [1.82, 2.24) is 20.0 Å². The predicted octanol–water partition coefficient (Wildman–Crippen LogP) is 1.47. The number of aromatic nitrogens is 2. The van der Waals surface area contributed by atoms with Gasteiger partial charge in [0.15, 0.2) is 0 Å². The lowest BCUT2D eigenvalue weighted by atomic mass is 10.1. The molecular weight excluding hydrogens is 344 g/mol. The molecule has 2 heterocycles. The van der Waals surface area contributed by atoms with Crippen molar-refractivity contribution in [1.29, 1.82) is 0 Å². The number of hydrogen-bond donors (Lipinski definition) is 2. The Bertz CT molecular complexity index is 815. The van der Waals surface area contributed by atoms with Crippen LogP contribution in [0.4, 0.5) is 0 Å². The molecule has 0 unspecified atom stereocenters. The molecule has 2 aromatic rings. The predicted molar refractivity (Wildman–Crippen MR) is 100 cm³/mol. The molecule has 0 radical (unpaired) electrons. The van der Waals surface area contributed by atoms with Crippen molar-refractivity contribution >= 4 is 5.91 Å². The zero-order chi connectivity index (χ0) is 18.8. The number of amides is 1. The smallest absolute Gasteiger partial charge is 0.234 e. The van der Waals surface area contributed by atoms with E-state index in [-0.39, 0.29) is 5.91 Å². The number of nitrogens with zero attached hydrogens (tertiary/aromatic N) is 3. The fourth-order valence-corrected chi connectivity index (χ4v) is 3.58. The van der Waals surface area contributed by atoms with Crippen molar-refractivity contribution in [2.24, 2.45) is 5.92 Å². The van der Waals surface area contributed by atoms with Gasteiger partial charge in [-0.2, -0.15) is 5.10 Å². The van der Waals surface area contributed by atoms with Crippen molar-refractivity contribution in [2.75, 3.05) is 20.2 Å². The molecule has 1 aromatic carbocycles. The lowest BCUT2D eigenvalue weighted by Gasteiger charge is -2.26. The van der Waals surface area contributed by atoms with Crippen LogP contribution < -0.4 is 10.1 Å². The summed E-state index contributed by atoms with van der Waals surface area (Å²) < 4.78 is 7.28. The van der Waals surface area contributed by atoms with Crippen LogP contribution in [-0.2, 0) is 24.4 Å². The number of ether oxygens (including phenoxy) is 1. The lowest BCUT2D eigenvalue weighted by molar-refractivity contribution is -0.122. The summed E-state index contributed by atoms with van der Waals surface area (Å²) in [5.74, 6) is 1.15. The highest BCUT2D eigenvalue weighted by molar-refractivity contribution is 5.78. The number of rotatable bonds is 7. The standard InChI is InChI=1S/C20H26N4O3/c1-27-18-5-3-2-4-15(18)11-21-19(25)13-23-8-9-24-16(12-23)10-17(22-24)20(26)14-6-7-14/h2-5,10,14,20,26H,6-9,11-13H2,1H3,(H,21,25)/t20-/m1/s1. The van der Waals surface area contributed by atoms with E-state index in [1.807, 2.05) is 35.0 Å². The number of aliphatic hydroxyl groups is 1. The average molecular weight is 370 g/mol. The molecule has 0 spiro atoms. The molecule has 0 bridgehead atoms. The fourth-order valence-electron chi connectivity index (χ4n) is 3.58. The van der Waals surface area contributed by atoms with E-state index in [2.05, 4.69) is 15.3 Å². The van der Waals surface area contributed by atoms with Crippen LogP contribution in [0.1, 0.15) is 35.9 Å². The summed E-state index contributed by atoms with van der Waals surface area (Å²) in [5.41, 5.74) is 2.80. The molecule has 0 saturated heterocycles. The number of nitrogens with one attached hydrogen (secondary N) is 1. The minimum Gasteiger partial charge on any atom is -0.496 e. The van der Waals surface area contributed by atoms with Gasteiger partial charge in [-0.05, 0) is 30.9 Å². The summed E-state index contributed by atoms with van der Waals surface area (Å²) in [4.78, 5) is 14.5. The maximum absolute atomic E-state index is 12.4. The van der Waals surface area contributed by atoms with Gasteiger partial charge in [0.1, 0.15) is 11.9 Å². The molecule has 1 amide bonds. The number of para-hydroxylation sites is 1. The first-order valence-corrected chi connectivity index (χ1v) is 9.49. The molecule has 7 nitrogen and oxygen atoms in total. The zero-order valence-electron chi connectivity index (χ0n) is 15.6. The second-order valence-electron chi connectivity index (χ2n) is 7.37. The second-order valence-corrected chi connectivity index (χ2v) is 7.37. The second kappa shape index (κ2) is 7.70. The summed E-state index contributed by atoms with van der Waals surface area (Å²) in [5, 5.41) is 17.8. The highest BCUT2D eigenvalue weighted by Gasteiger charge is 2.33. The van der Waals surface area contributed by atoms with Gasteiger partial charge in [-0.1, -0.05) is 18.2 Å². The highest BCUT2D eigenvalue weighted by Crippen LogP contribution is 2.40. The maximum Gasteiger partial charge on any atom is 0.234 e. The number of hydrogen-bond acceptors (Lipinski definition) is 5. The normalized spacial score (nSPS) is 18.0. The van der Waals surface area contributed by atoms with Gasteiger partial charge in [-0.3, -0.25) is 14.4 Å². The number of methoxy groups -OCH3 is 1. The van der Waals surface area contributed by atoms with Crippen LogP contribution in [0, 0.1) is 5.92 Å². The van der Waals surface area contributed by atoms with Crippen molar-refractivity contribution in [3.8, 4) is 5.75 Å². The van der Waals surface area contributed by atoms with Crippen LogP contribution in [0.25, 0.3) is 0 Å². The molecule has 1 aliphatic carbocycles.